The lowest BCUT2D eigenvalue weighted by Gasteiger charge is -2.09. The lowest BCUT2D eigenvalue weighted by atomic mass is 10.2. The summed E-state index contributed by atoms with van der Waals surface area (Å²) in [5.74, 6) is 2.06. The molecule has 0 atom stereocenters. The van der Waals surface area contributed by atoms with Gasteiger partial charge in [-0.2, -0.15) is 9.67 Å². The van der Waals surface area contributed by atoms with Crippen LogP contribution < -0.4 is 15.2 Å². The van der Waals surface area contributed by atoms with Gasteiger partial charge in [-0.3, -0.25) is 0 Å². The predicted octanol–water partition coefficient (Wildman–Crippen LogP) is 2.58. The second kappa shape index (κ2) is 6.79. The molecule has 0 fully saturated rings. The maximum atomic E-state index is 6.22. The third-order valence-electron chi connectivity index (χ3n) is 3.98. The molecule has 9 heteroatoms. The Morgan fingerprint density at radius 2 is 1.78 bits per heavy atom. The number of benzene rings is 2. The van der Waals surface area contributed by atoms with Crippen LogP contribution in [0.15, 0.2) is 53.1 Å². The molecule has 2 aromatic heterocycles. The molecule has 27 heavy (non-hydrogen) atoms. The van der Waals surface area contributed by atoms with Crippen LogP contribution in [0.1, 0.15) is 0 Å². The molecule has 4 rings (SSSR count). The maximum Gasteiger partial charge on any atom is 0.282 e. The molecule has 0 bridgehead atoms. The van der Waals surface area contributed by atoms with Gasteiger partial charge < -0.3 is 19.7 Å². The van der Waals surface area contributed by atoms with E-state index >= 15 is 0 Å². The fourth-order valence-corrected chi connectivity index (χ4v) is 2.61. The van der Waals surface area contributed by atoms with Gasteiger partial charge >= 0.3 is 0 Å². The smallest absolute Gasteiger partial charge is 0.282 e. The van der Waals surface area contributed by atoms with Crippen LogP contribution in [0.3, 0.4) is 0 Å². The van der Waals surface area contributed by atoms with Crippen LogP contribution in [0.25, 0.3) is 28.7 Å². The highest BCUT2D eigenvalue weighted by molar-refractivity contribution is 5.66. The molecule has 2 aromatic carbocycles. The SMILES string of the molecule is COc1ccc(-n2nnc(-c3nc(-c4ccccc4)no3)c2N)cc1OC. The molecule has 0 aliphatic carbocycles. The van der Waals surface area contributed by atoms with Gasteiger partial charge in [0, 0.05) is 11.6 Å². The number of rotatable bonds is 5. The van der Waals surface area contributed by atoms with Gasteiger partial charge in [-0.1, -0.05) is 40.7 Å². The Labute approximate surface area is 154 Å². The minimum Gasteiger partial charge on any atom is -0.493 e. The summed E-state index contributed by atoms with van der Waals surface area (Å²) in [7, 11) is 3.13. The monoisotopic (exact) mass is 364 g/mol. The highest BCUT2D eigenvalue weighted by Crippen LogP contribution is 2.31. The molecule has 2 N–H and O–H groups in total. The van der Waals surface area contributed by atoms with Crippen LogP contribution in [0.5, 0.6) is 11.5 Å². The summed E-state index contributed by atoms with van der Waals surface area (Å²) in [6.07, 6.45) is 0. The molecule has 136 valence electrons. The van der Waals surface area contributed by atoms with E-state index in [1.165, 1.54) is 4.68 Å². The van der Waals surface area contributed by atoms with Crippen LogP contribution in [-0.4, -0.2) is 39.4 Å². The van der Waals surface area contributed by atoms with Crippen LogP contribution >= 0.6 is 0 Å². The molecular formula is C18H16N6O3. The van der Waals surface area contributed by atoms with Gasteiger partial charge in [-0.05, 0) is 12.1 Å². The number of hydrogen-bond acceptors (Lipinski definition) is 8. The molecule has 0 aliphatic heterocycles. The van der Waals surface area contributed by atoms with E-state index in [9.17, 15) is 0 Å². The van der Waals surface area contributed by atoms with Gasteiger partial charge in [0.25, 0.3) is 5.89 Å². The van der Waals surface area contributed by atoms with Gasteiger partial charge in [0.15, 0.2) is 23.0 Å². The second-order valence-corrected chi connectivity index (χ2v) is 5.56. The Kier molecular flexibility index (Phi) is 4.17. The number of hydrogen-bond donors (Lipinski definition) is 1. The van der Waals surface area contributed by atoms with E-state index in [2.05, 4.69) is 20.5 Å². The van der Waals surface area contributed by atoms with Crippen LogP contribution in [0, 0.1) is 0 Å². The number of nitrogens with zero attached hydrogens (tertiary/aromatic N) is 5. The van der Waals surface area contributed by atoms with Crippen LogP contribution in [-0.2, 0) is 0 Å². The Balaban J connectivity index is 1.70. The van der Waals surface area contributed by atoms with E-state index in [-0.39, 0.29) is 11.7 Å². The molecule has 4 aromatic rings. The fraction of sp³-hybridized carbons (Fsp3) is 0.111. The van der Waals surface area contributed by atoms with Gasteiger partial charge in [-0.15, -0.1) is 5.10 Å². The molecule has 9 nitrogen and oxygen atoms in total. The maximum absolute atomic E-state index is 6.22. The first-order valence-corrected chi connectivity index (χ1v) is 8.04. The van der Waals surface area contributed by atoms with Crippen molar-refractivity contribution in [2.24, 2.45) is 0 Å². The Morgan fingerprint density at radius 3 is 2.52 bits per heavy atom. The zero-order chi connectivity index (χ0) is 18.8. The first kappa shape index (κ1) is 16.6. The summed E-state index contributed by atoms with van der Waals surface area (Å²) in [4.78, 5) is 4.36. The van der Waals surface area contributed by atoms with Gasteiger partial charge in [0.1, 0.15) is 0 Å². The molecular weight excluding hydrogens is 348 g/mol. The molecule has 0 amide bonds. The average Bonchev–Trinajstić information content (AvgIpc) is 3.35. The van der Waals surface area contributed by atoms with Gasteiger partial charge in [-0.25, -0.2) is 0 Å². The van der Waals surface area contributed by atoms with E-state index in [4.69, 9.17) is 19.7 Å². The third-order valence-corrected chi connectivity index (χ3v) is 3.98. The number of methoxy groups -OCH3 is 2. The molecule has 2 heterocycles. The van der Waals surface area contributed by atoms with Crippen molar-refractivity contribution in [2.75, 3.05) is 20.0 Å². The van der Waals surface area contributed by atoms with Gasteiger partial charge in [0.05, 0.1) is 19.9 Å². The molecule has 0 radical (unpaired) electrons. The second-order valence-electron chi connectivity index (χ2n) is 5.56. The Morgan fingerprint density at radius 1 is 1.00 bits per heavy atom. The highest BCUT2D eigenvalue weighted by atomic mass is 16.5. The normalized spacial score (nSPS) is 10.7. The fourth-order valence-electron chi connectivity index (χ4n) is 2.61. The zero-order valence-corrected chi connectivity index (χ0v) is 14.7. The summed E-state index contributed by atoms with van der Waals surface area (Å²) in [6, 6.07) is 14.8. The van der Waals surface area contributed by atoms with E-state index in [1.54, 1.807) is 32.4 Å². The minimum absolute atomic E-state index is 0.193. The van der Waals surface area contributed by atoms with Crippen LogP contribution in [0.4, 0.5) is 5.82 Å². The van der Waals surface area contributed by atoms with Crippen molar-refractivity contribution in [1.82, 2.24) is 25.1 Å². The van der Waals surface area contributed by atoms with Crippen molar-refractivity contribution < 1.29 is 14.0 Å². The minimum atomic E-state index is 0.193. The molecule has 0 saturated carbocycles. The summed E-state index contributed by atoms with van der Waals surface area (Å²) in [5, 5.41) is 12.2. The zero-order valence-electron chi connectivity index (χ0n) is 14.7. The predicted molar refractivity (Wildman–Crippen MR) is 97.6 cm³/mol. The summed E-state index contributed by atoms with van der Waals surface area (Å²) < 4.78 is 17.3. The topological polar surface area (TPSA) is 114 Å². The van der Waals surface area contributed by atoms with Crippen molar-refractivity contribution in [3.8, 4) is 40.2 Å². The molecule has 0 aliphatic rings. The number of ether oxygens (including phenoxy) is 2. The number of nitrogens with two attached hydrogens (primary N) is 1. The summed E-state index contributed by atoms with van der Waals surface area (Å²) >= 11 is 0. The molecule has 0 unspecified atom stereocenters. The summed E-state index contributed by atoms with van der Waals surface area (Å²) in [6.45, 7) is 0. The largest absolute Gasteiger partial charge is 0.493 e. The quantitative estimate of drug-likeness (QED) is 0.575. The van der Waals surface area contributed by atoms with Crippen molar-refractivity contribution in [3.63, 3.8) is 0 Å². The highest BCUT2D eigenvalue weighted by Gasteiger charge is 2.20. The average molecular weight is 364 g/mol. The van der Waals surface area contributed by atoms with E-state index in [0.717, 1.165) is 5.56 Å². The lowest BCUT2D eigenvalue weighted by molar-refractivity contribution is 0.354. The molecule has 0 spiro atoms. The number of nitrogen functional groups attached to an aromatic ring is 1. The molecule has 0 saturated heterocycles. The summed E-state index contributed by atoms with van der Waals surface area (Å²) in [5.41, 5.74) is 8.01. The van der Waals surface area contributed by atoms with E-state index in [0.29, 0.717) is 28.7 Å². The van der Waals surface area contributed by atoms with E-state index in [1.807, 2.05) is 30.3 Å². The van der Waals surface area contributed by atoms with Crippen molar-refractivity contribution in [2.45, 2.75) is 0 Å². The van der Waals surface area contributed by atoms with Crippen molar-refractivity contribution in [3.05, 3.63) is 48.5 Å². The Hall–Kier alpha value is -3.88. The number of anilines is 1. The first-order chi connectivity index (χ1) is 13.2. The third kappa shape index (κ3) is 2.95. The van der Waals surface area contributed by atoms with Gasteiger partial charge in [0.2, 0.25) is 5.82 Å². The standard InChI is InChI=1S/C18H16N6O3/c1-25-13-9-8-12(10-14(13)26-2)24-16(19)15(21-23-24)18-20-17(22-27-18)11-6-4-3-5-7-11/h3-10H,19H2,1-2H3. The van der Waals surface area contributed by atoms with Crippen molar-refractivity contribution >= 4 is 5.82 Å². The van der Waals surface area contributed by atoms with Crippen molar-refractivity contribution in [1.29, 1.82) is 0 Å². The number of aromatic nitrogens is 5. The van der Waals surface area contributed by atoms with E-state index < -0.39 is 0 Å². The Bertz CT molecular complexity index is 1070. The first-order valence-electron chi connectivity index (χ1n) is 8.04. The lowest BCUT2D eigenvalue weighted by Crippen LogP contribution is -2.03. The van der Waals surface area contributed by atoms with Crippen LogP contribution in [0.2, 0.25) is 0 Å².